The van der Waals surface area contributed by atoms with E-state index in [0.717, 1.165) is 11.8 Å². The summed E-state index contributed by atoms with van der Waals surface area (Å²) >= 11 is 2.54. The molecule has 1 saturated carbocycles. The lowest BCUT2D eigenvalue weighted by atomic mass is 9.79. The Morgan fingerprint density at radius 2 is 1.71 bits per heavy atom. The first-order valence-electron chi connectivity index (χ1n) is 6.98. The van der Waals surface area contributed by atoms with Gasteiger partial charge in [0, 0.05) is 4.43 Å². The van der Waals surface area contributed by atoms with Gasteiger partial charge in [-0.2, -0.15) is 0 Å². The maximum Gasteiger partial charge on any atom is 0.00237 e. The fourth-order valence-corrected chi connectivity index (χ4v) is 3.78. The maximum atomic E-state index is 2.54. The SMILES string of the molecule is CCCc1ccc([C@H]2CC[C@H](CI)CC2)cc1. The third-order valence-electron chi connectivity index (χ3n) is 4.05. The molecule has 2 rings (SSSR count). The van der Waals surface area contributed by atoms with Crippen molar-refractivity contribution in [3.63, 3.8) is 0 Å². The maximum absolute atomic E-state index is 2.54. The first-order valence-corrected chi connectivity index (χ1v) is 8.50. The Balaban J connectivity index is 1.94. The number of rotatable bonds is 4. The van der Waals surface area contributed by atoms with Crippen LogP contribution in [0.1, 0.15) is 56.1 Å². The molecule has 1 fully saturated rings. The summed E-state index contributed by atoms with van der Waals surface area (Å²) in [5.74, 6) is 1.83. The molecule has 0 spiro atoms. The first-order chi connectivity index (χ1) is 8.33. The lowest BCUT2D eigenvalue weighted by Crippen LogP contribution is -2.14. The predicted octanol–water partition coefficient (Wildman–Crippen LogP) is 5.35. The normalized spacial score (nSPS) is 24.8. The van der Waals surface area contributed by atoms with Gasteiger partial charge in [-0.1, -0.05) is 60.2 Å². The number of hydrogen-bond donors (Lipinski definition) is 0. The van der Waals surface area contributed by atoms with Crippen LogP contribution >= 0.6 is 22.6 Å². The Kier molecular flexibility index (Phi) is 5.33. The fraction of sp³-hybridized carbons (Fsp3) is 0.625. The van der Waals surface area contributed by atoms with Gasteiger partial charge < -0.3 is 0 Å². The second-order valence-corrected chi connectivity index (χ2v) is 6.24. The van der Waals surface area contributed by atoms with Crippen molar-refractivity contribution < 1.29 is 0 Å². The third-order valence-corrected chi connectivity index (χ3v) is 5.30. The molecule has 0 aromatic heterocycles. The highest BCUT2D eigenvalue weighted by Gasteiger charge is 2.21. The van der Waals surface area contributed by atoms with Gasteiger partial charge in [-0.15, -0.1) is 0 Å². The Hall–Kier alpha value is -0.0500. The first kappa shape index (κ1) is 13.4. The summed E-state index contributed by atoms with van der Waals surface area (Å²) in [7, 11) is 0. The van der Waals surface area contributed by atoms with Crippen LogP contribution in [0.5, 0.6) is 0 Å². The van der Waals surface area contributed by atoms with Crippen molar-refractivity contribution >= 4 is 22.6 Å². The number of aryl methyl sites for hydroxylation is 1. The molecule has 1 aromatic rings. The molecular weight excluding hydrogens is 319 g/mol. The number of benzene rings is 1. The Labute approximate surface area is 119 Å². The van der Waals surface area contributed by atoms with E-state index in [1.165, 1.54) is 48.5 Å². The minimum absolute atomic E-state index is 0.838. The van der Waals surface area contributed by atoms with Gasteiger partial charge in [-0.25, -0.2) is 0 Å². The minimum atomic E-state index is 0.838. The lowest BCUT2D eigenvalue weighted by Gasteiger charge is -2.27. The second-order valence-electron chi connectivity index (χ2n) is 5.36. The summed E-state index contributed by atoms with van der Waals surface area (Å²) in [5, 5.41) is 0. The van der Waals surface area contributed by atoms with Gasteiger partial charge in [-0.3, -0.25) is 0 Å². The summed E-state index contributed by atoms with van der Waals surface area (Å²) in [6, 6.07) is 9.42. The molecule has 0 aliphatic heterocycles. The van der Waals surface area contributed by atoms with Crippen LogP contribution in [0.25, 0.3) is 0 Å². The van der Waals surface area contributed by atoms with Crippen LogP contribution in [0.3, 0.4) is 0 Å². The number of halogens is 1. The molecule has 1 heteroatoms. The summed E-state index contributed by atoms with van der Waals surface area (Å²) in [5.41, 5.74) is 3.08. The van der Waals surface area contributed by atoms with Gasteiger partial charge in [-0.05, 0) is 55.1 Å². The van der Waals surface area contributed by atoms with Gasteiger partial charge in [0.05, 0.1) is 0 Å². The van der Waals surface area contributed by atoms with Gasteiger partial charge in [0.25, 0.3) is 0 Å². The average molecular weight is 342 g/mol. The monoisotopic (exact) mass is 342 g/mol. The molecule has 0 N–H and O–H groups in total. The molecule has 1 aliphatic rings. The Morgan fingerprint density at radius 3 is 2.24 bits per heavy atom. The van der Waals surface area contributed by atoms with Crippen LogP contribution in [-0.2, 0) is 6.42 Å². The highest BCUT2D eigenvalue weighted by Crippen LogP contribution is 2.36. The van der Waals surface area contributed by atoms with Gasteiger partial charge in [0.15, 0.2) is 0 Å². The van der Waals surface area contributed by atoms with Crippen LogP contribution < -0.4 is 0 Å². The smallest absolute Gasteiger partial charge is 0.00237 e. The molecule has 17 heavy (non-hydrogen) atoms. The van der Waals surface area contributed by atoms with E-state index in [2.05, 4.69) is 53.8 Å². The average Bonchev–Trinajstić information content (AvgIpc) is 2.40. The van der Waals surface area contributed by atoms with Crippen LogP contribution in [-0.4, -0.2) is 4.43 Å². The third kappa shape index (κ3) is 3.70. The van der Waals surface area contributed by atoms with Crippen molar-refractivity contribution in [2.75, 3.05) is 4.43 Å². The molecular formula is C16H23I. The van der Waals surface area contributed by atoms with E-state index < -0.39 is 0 Å². The van der Waals surface area contributed by atoms with Gasteiger partial charge in [0.2, 0.25) is 0 Å². The van der Waals surface area contributed by atoms with Crippen molar-refractivity contribution in [1.82, 2.24) is 0 Å². The molecule has 1 aromatic carbocycles. The zero-order valence-corrected chi connectivity index (χ0v) is 12.9. The van der Waals surface area contributed by atoms with E-state index in [-0.39, 0.29) is 0 Å². The second kappa shape index (κ2) is 6.77. The molecule has 0 nitrogen and oxygen atoms in total. The number of hydrogen-bond acceptors (Lipinski definition) is 0. The van der Waals surface area contributed by atoms with Gasteiger partial charge in [0.1, 0.15) is 0 Å². The highest BCUT2D eigenvalue weighted by molar-refractivity contribution is 14.1. The van der Waals surface area contributed by atoms with Gasteiger partial charge >= 0.3 is 0 Å². The van der Waals surface area contributed by atoms with Crippen LogP contribution in [0.15, 0.2) is 24.3 Å². The van der Waals surface area contributed by atoms with E-state index >= 15 is 0 Å². The molecule has 0 bridgehead atoms. The summed E-state index contributed by atoms with van der Waals surface area (Å²) < 4.78 is 1.35. The molecule has 0 atom stereocenters. The van der Waals surface area contributed by atoms with E-state index in [4.69, 9.17) is 0 Å². The van der Waals surface area contributed by atoms with E-state index in [1.54, 1.807) is 5.56 Å². The van der Waals surface area contributed by atoms with Crippen molar-refractivity contribution in [2.24, 2.45) is 5.92 Å². The minimum Gasteiger partial charge on any atom is -0.0861 e. The summed E-state index contributed by atoms with van der Waals surface area (Å²) in [6.45, 7) is 2.25. The van der Waals surface area contributed by atoms with E-state index in [0.29, 0.717) is 0 Å². The van der Waals surface area contributed by atoms with Crippen LogP contribution in [0.2, 0.25) is 0 Å². The lowest BCUT2D eigenvalue weighted by molar-refractivity contribution is 0.356. The summed E-state index contributed by atoms with van der Waals surface area (Å²) in [4.78, 5) is 0. The molecule has 0 radical (unpaired) electrons. The van der Waals surface area contributed by atoms with Crippen molar-refractivity contribution in [1.29, 1.82) is 0 Å². The highest BCUT2D eigenvalue weighted by atomic mass is 127. The standard InChI is InChI=1S/C16H23I/c1-2-3-13-4-8-15(9-5-13)16-10-6-14(12-17)7-11-16/h4-5,8-9,14,16H,2-3,6-7,10-12H2,1H3/t14-,16-. The quantitative estimate of drug-likeness (QED) is 0.511. The van der Waals surface area contributed by atoms with Crippen molar-refractivity contribution in [3.05, 3.63) is 35.4 Å². The molecule has 0 unspecified atom stereocenters. The largest absolute Gasteiger partial charge is 0.0861 e. The molecule has 1 aliphatic carbocycles. The number of alkyl halides is 1. The fourth-order valence-electron chi connectivity index (χ4n) is 2.90. The molecule has 94 valence electrons. The van der Waals surface area contributed by atoms with Crippen molar-refractivity contribution in [3.8, 4) is 0 Å². The molecule has 0 saturated heterocycles. The van der Waals surface area contributed by atoms with Crippen LogP contribution in [0.4, 0.5) is 0 Å². The Morgan fingerprint density at radius 1 is 1.06 bits per heavy atom. The zero-order valence-electron chi connectivity index (χ0n) is 10.8. The van der Waals surface area contributed by atoms with E-state index in [1.807, 2.05) is 0 Å². The molecule has 0 heterocycles. The van der Waals surface area contributed by atoms with Crippen molar-refractivity contribution in [2.45, 2.75) is 51.4 Å². The summed E-state index contributed by atoms with van der Waals surface area (Å²) in [6.07, 6.45) is 8.15. The molecule has 0 amide bonds. The predicted molar refractivity (Wildman–Crippen MR) is 84.0 cm³/mol. The van der Waals surface area contributed by atoms with Crippen LogP contribution in [0, 0.1) is 5.92 Å². The zero-order chi connectivity index (χ0) is 12.1. The topological polar surface area (TPSA) is 0 Å². The Bertz CT molecular complexity index is 320. The van der Waals surface area contributed by atoms with E-state index in [9.17, 15) is 0 Å².